The Hall–Kier alpha value is -4.07. The number of hydrogen-bond acceptors (Lipinski definition) is 4. The van der Waals surface area contributed by atoms with E-state index >= 15 is 0 Å². The van der Waals surface area contributed by atoms with Crippen molar-refractivity contribution in [1.82, 2.24) is 9.91 Å². The van der Waals surface area contributed by atoms with Crippen molar-refractivity contribution in [2.24, 2.45) is 5.10 Å². The number of nitrogens with zero attached hydrogens (tertiary/aromatic N) is 3. The summed E-state index contributed by atoms with van der Waals surface area (Å²) >= 11 is 0. The Morgan fingerprint density at radius 3 is 2.15 bits per heavy atom. The lowest BCUT2D eigenvalue weighted by molar-refractivity contribution is -0.133. The molecule has 0 aliphatic carbocycles. The van der Waals surface area contributed by atoms with E-state index in [4.69, 9.17) is 4.74 Å². The van der Waals surface area contributed by atoms with Crippen molar-refractivity contribution in [2.75, 3.05) is 20.7 Å². The highest BCUT2D eigenvalue weighted by Gasteiger charge is 2.34. The Morgan fingerprint density at radius 1 is 0.971 bits per heavy atom. The third-order valence-electron chi connectivity index (χ3n) is 5.65. The van der Waals surface area contributed by atoms with Crippen molar-refractivity contribution in [3.05, 3.63) is 101 Å². The number of carbonyl (C=O) groups is 2. The number of rotatable bonds is 6. The van der Waals surface area contributed by atoms with Gasteiger partial charge in [0.05, 0.1) is 18.9 Å². The molecule has 1 aliphatic rings. The van der Waals surface area contributed by atoms with Gasteiger partial charge in [0.1, 0.15) is 23.9 Å². The van der Waals surface area contributed by atoms with Crippen LogP contribution in [-0.2, 0) is 4.79 Å². The molecule has 4 rings (SSSR count). The zero-order valence-corrected chi connectivity index (χ0v) is 18.7. The Kier molecular flexibility index (Phi) is 6.67. The van der Waals surface area contributed by atoms with Crippen LogP contribution >= 0.6 is 0 Å². The van der Waals surface area contributed by atoms with Gasteiger partial charge in [-0.3, -0.25) is 9.59 Å². The highest BCUT2D eigenvalue weighted by atomic mass is 19.1. The minimum atomic E-state index is -0.474. The molecule has 0 saturated carbocycles. The molecule has 1 aliphatic heterocycles. The molecule has 0 fully saturated rings. The fourth-order valence-electron chi connectivity index (χ4n) is 3.80. The second-order valence-corrected chi connectivity index (χ2v) is 7.95. The molecule has 6 nitrogen and oxygen atoms in total. The maximum absolute atomic E-state index is 13.5. The molecule has 0 saturated heterocycles. The average molecular weight is 463 g/mol. The summed E-state index contributed by atoms with van der Waals surface area (Å²) in [4.78, 5) is 27.4. The van der Waals surface area contributed by atoms with Crippen LogP contribution in [0.4, 0.5) is 8.78 Å². The van der Waals surface area contributed by atoms with Gasteiger partial charge < -0.3 is 9.64 Å². The van der Waals surface area contributed by atoms with Crippen LogP contribution in [-0.4, -0.2) is 48.1 Å². The number of carbonyl (C=O) groups excluding carboxylic acids is 2. The van der Waals surface area contributed by atoms with Crippen molar-refractivity contribution in [3.63, 3.8) is 0 Å². The van der Waals surface area contributed by atoms with Crippen molar-refractivity contribution in [1.29, 1.82) is 0 Å². The van der Waals surface area contributed by atoms with E-state index in [0.29, 0.717) is 34.6 Å². The van der Waals surface area contributed by atoms with Crippen molar-refractivity contribution in [2.45, 2.75) is 12.5 Å². The lowest BCUT2D eigenvalue weighted by atomic mass is 9.98. The molecule has 0 bridgehead atoms. The maximum Gasteiger partial charge on any atom is 0.262 e. The number of halogens is 2. The Morgan fingerprint density at radius 2 is 1.56 bits per heavy atom. The molecule has 3 aromatic carbocycles. The molecule has 1 atom stereocenters. The van der Waals surface area contributed by atoms with Crippen LogP contribution in [0.1, 0.15) is 33.9 Å². The van der Waals surface area contributed by atoms with Crippen LogP contribution in [0.5, 0.6) is 5.75 Å². The molecule has 174 valence electrons. The minimum Gasteiger partial charge on any atom is -0.497 e. The van der Waals surface area contributed by atoms with Crippen LogP contribution < -0.4 is 4.74 Å². The van der Waals surface area contributed by atoms with Gasteiger partial charge in [0, 0.05) is 19.0 Å². The Bertz CT molecular complexity index is 1210. The molecule has 34 heavy (non-hydrogen) atoms. The number of methoxy groups -OCH3 is 1. The molecule has 3 aromatic rings. The maximum atomic E-state index is 13.5. The number of likely N-dealkylation sites (N-methyl/N-ethyl adjacent to an activating group) is 1. The first-order valence-electron chi connectivity index (χ1n) is 10.7. The predicted octanol–water partition coefficient (Wildman–Crippen LogP) is 4.42. The summed E-state index contributed by atoms with van der Waals surface area (Å²) in [5.41, 5.74) is 2.42. The van der Waals surface area contributed by atoms with Gasteiger partial charge in [-0.15, -0.1) is 0 Å². The first-order chi connectivity index (χ1) is 16.4. The van der Waals surface area contributed by atoms with Crippen LogP contribution in [0, 0.1) is 11.6 Å². The Balaban J connectivity index is 1.56. The van der Waals surface area contributed by atoms with Gasteiger partial charge in [0.15, 0.2) is 0 Å². The molecule has 0 spiro atoms. The van der Waals surface area contributed by atoms with E-state index in [1.54, 1.807) is 48.5 Å². The van der Waals surface area contributed by atoms with Gasteiger partial charge in [-0.05, 0) is 59.7 Å². The monoisotopic (exact) mass is 463 g/mol. The van der Waals surface area contributed by atoms with E-state index in [1.165, 1.54) is 48.3 Å². The smallest absolute Gasteiger partial charge is 0.262 e. The van der Waals surface area contributed by atoms with Gasteiger partial charge in [0.2, 0.25) is 0 Å². The number of ether oxygens (including phenoxy) is 1. The van der Waals surface area contributed by atoms with E-state index in [-0.39, 0.29) is 24.1 Å². The first kappa shape index (κ1) is 23.1. The third kappa shape index (κ3) is 4.96. The number of benzene rings is 3. The molecular formula is C26H23F2N3O3. The van der Waals surface area contributed by atoms with Gasteiger partial charge in [0.25, 0.3) is 11.8 Å². The SMILES string of the molecule is COc1ccc(C(=O)N(C)CC(=O)N2N=C(c3ccc(F)cc3)C[C@@H]2c2ccc(F)cc2)cc1. The van der Waals surface area contributed by atoms with Crippen LogP contribution in [0.15, 0.2) is 77.9 Å². The van der Waals surface area contributed by atoms with Crippen molar-refractivity contribution >= 4 is 17.5 Å². The fourth-order valence-corrected chi connectivity index (χ4v) is 3.80. The lowest BCUT2D eigenvalue weighted by Crippen LogP contribution is -2.39. The molecule has 0 radical (unpaired) electrons. The fraction of sp³-hybridized carbons (Fsp3) is 0.192. The molecular weight excluding hydrogens is 440 g/mol. The molecule has 8 heteroatoms. The average Bonchev–Trinajstić information content (AvgIpc) is 3.30. The van der Waals surface area contributed by atoms with Crippen molar-refractivity contribution in [3.8, 4) is 5.75 Å². The van der Waals surface area contributed by atoms with Gasteiger partial charge >= 0.3 is 0 Å². The highest BCUT2D eigenvalue weighted by molar-refractivity contribution is 6.03. The largest absolute Gasteiger partial charge is 0.497 e. The summed E-state index contributed by atoms with van der Waals surface area (Å²) in [7, 11) is 3.08. The predicted molar refractivity (Wildman–Crippen MR) is 123 cm³/mol. The summed E-state index contributed by atoms with van der Waals surface area (Å²) < 4.78 is 32.0. The highest BCUT2D eigenvalue weighted by Crippen LogP contribution is 2.33. The van der Waals surface area contributed by atoms with Crippen LogP contribution in [0.2, 0.25) is 0 Å². The molecule has 2 amide bonds. The van der Waals surface area contributed by atoms with E-state index in [2.05, 4.69) is 5.10 Å². The third-order valence-corrected chi connectivity index (χ3v) is 5.65. The van der Waals surface area contributed by atoms with E-state index in [9.17, 15) is 18.4 Å². The minimum absolute atomic E-state index is 0.206. The zero-order chi connectivity index (χ0) is 24.2. The van der Waals surface area contributed by atoms with Crippen LogP contribution in [0.3, 0.4) is 0 Å². The Labute approximate surface area is 196 Å². The molecule has 0 aromatic heterocycles. The topological polar surface area (TPSA) is 62.2 Å². The van der Waals surface area contributed by atoms with E-state index in [0.717, 1.165) is 0 Å². The zero-order valence-electron chi connectivity index (χ0n) is 18.7. The standard InChI is InChI=1S/C26H23F2N3O3/c1-30(26(33)19-7-13-22(34-2)14-8-19)16-25(32)31-24(18-5-11-21(28)12-6-18)15-23(29-31)17-3-9-20(27)10-4-17/h3-14,24H,15-16H2,1-2H3/t24-/m1/s1. The van der Waals surface area contributed by atoms with Crippen molar-refractivity contribution < 1.29 is 23.1 Å². The van der Waals surface area contributed by atoms with Crippen LogP contribution in [0.25, 0.3) is 0 Å². The summed E-state index contributed by atoms with van der Waals surface area (Å²) in [6, 6.07) is 17.9. The second-order valence-electron chi connectivity index (χ2n) is 7.95. The van der Waals surface area contributed by atoms with Gasteiger partial charge in [-0.2, -0.15) is 5.10 Å². The van der Waals surface area contributed by atoms with Gasteiger partial charge in [-0.1, -0.05) is 24.3 Å². The molecule has 1 heterocycles. The number of hydrazone groups is 1. The van der Waals surface area contributed by atoms with E-state index in [1.807, 2.05) is 0 Å². The normalized spacial score (nSPS) is 15.1. The first-order valence-corrected chi connectivity index (χ1v) is 10.7. The van der Waals surface area contributed by atoms with E-state index < -0.39 is 11.9 Å². The quantitative estimate of drug-likeness (QED) is 0.544. The summed E-state index contributed by atoms with van der Waals surface area (Å²) in [6.45, 7) is -0.206. The lowest BCUT2D eigenvalue weighted by Gasteiger charge is -2.25. The summed E-state index contributed by atoms with van der Waals surface area (Å²) in [5, 5.41) is 5.83. The summed E-state index contributed by atoms with van der Waals surface area (Å²) in [5.74, 6) is -0.850. The summed E-state index contributed by atoms with van der Waals surface area (Å²) in [6.07, 6.45) is 0.374. The molecule has 0 unspecified atom stereocenters. The molecule has 0 N–H and O–H groups in total. The number of hydrogen-bond donors (Lipinski definition) is 0. The number of amides is 2. The second kappa shape index (κ2) is 9.82. The van der Waals surface area contributed by atoms with Gasteiger partial charge in [-0.25, -0.2) is 13.8 Å².